The monoisotopic (exact) mass is 372 g/mol. The summed E-state index contributed by atoms with van der Waals surface area (Å²) >= 11 is 0. The van der Waals surface area contributed by atoms with Crippen molar-refractivity contribution < 1.29 is 14.7 Å². The number of aliphatic carboxylic acids is 1. The largest absolute Gasteiger partial charge is 0.481 e. The number of rotatable bonds is 5. The van der Waals surface area contributed by atoms with Gasteiger partial charge in [-0.05, 0) is 37.1 Å². The van der Waals surface area contributed by atoms with Gasteiger partial charge >= 0.3 is 11.7 Å². The Morgan fingerprint density at radius 2 is 1.78 bits per heavy atom. The lowest BCUT2D eigenvalue weighted by Crippen LogP contribution is -2.35. The Hall–Kier alpha value is -2.90. The molecule has 27 heavy (non-hydrogen) atoms. The van der Waals surface area contributed by atoms with Crippen molar-refractivity contribution in [2.45, 2.75) is 44.9 Å². The number of aryl methyl sites for hydroxylation is 1. The molecular weight excluding hydrogens is 348 g/mol. The fourth-order valence-electron chi connectivity index (χ4n) is 3.62. The predicted octanol–water partition coefficient (Wildman–Crippen LogP) is 2.32. The van der Waals surface area contributed by atoms with Gasteiger partial charge in [0.2, 0.25) is 5.91 Å². The number of anilines is 1. The molecule has 2 N–H and O–H groups in total. The van der Waals surface area contributed by atoms with Crippen molar-refractivity contribution in [3.63, 3.8) is 0 Å². The first-order chi connectivity index (χ1) is 12.9. The normalized spacial score (nSPS) is 16.5. The van der Waals surface area contributed by atoms with Crippen LogP contribution in [-0.2, 0) is 16.6 Å². The molecule has 0 bridgehead atoms. The number of carboxylic acids is 1. The summed E-state index contributed by atoms with van der Waals surface area (Å²) in [5.41, 5.74) is -0.0864. The highest BCUT2D eigenvalue weighted by Crippen LogP contribution is 2.38. The zero-order chi connectivity index (χ0) is 19.4. The van der Waals surface area contributed by atoms with Crippen molar-refractivity contribution in [1.82, 2.24) is 14.3 Å². The summed E-state index contributed by atoms with van der Waals surface area (Å²) in [5.74, 6) is -1.19. The van der Waals surface area contributed by atoms with Gasteiger partial charge in [0.25, 0.3) is 0 Å². The molecule has 1 aromatic heterocycles. The summed E-state index contributed by atoms with van der Waals surface area (Å²) in [7, 11) is 1.62. The van der Waals surface area contributed by atoms with Crippen molar-refractivity contribution in [3.05, 3.63) is 41.1 Å². The van der Waals surface area contributed by atoms with E-state index in [1.165, 1.54) is 15.6 Å². The van der Waals surface area contributed by atoms with Crippen LogP contribution in [-0.4, -0.2) is 31.3 Å². The van der Waals surface area contributed by atoms with Crippen molar-refractivity contribution in [3.8, 4) is 5.69 Å². The molecule has 0 atom stereocenters. The van der Waals surface area contributed by atoms with Crippen LogP contribution in [0.2, 0.25) is 0 Å². The second-order valence-corrected chi connectivity index (χ2v) is 7.21. The Labute approximate surface area is 156 Å². The number of nitrogens with one attached hydrogen (secondary N) is 1. The van der Waals surface area contributed by atoms with Crippen molar-refractivity contribution >= 4 is 17.6 Å². The zero-order valence-corrected chi connectivity index (χ0v) is 15.4. The predicted molar refractivity (Wildman–Crippen MR) is 99.8 cm³/mol. The van der Waals surface area contributed by atoms with Gasteiger partial charge in [-0.15, -0.1) is 0 Å². The molecule has 0 radical (unpaired) electrons. The summed E-state index contributed by atoms with van der Waals surface area (Å²) in [6, 6.07) is 6.72. The second kappa shape index (κ2) is 7.77. The highest BCUT2D eigenvalue weighted by atomic mass is 16.4. The van der Waals surface area contributed by atoms with Gasteiger partial charge < -0.3 is 10.4 Å². The molecule has 144 valence electrons. The third-order valence-corrected chi connectivity index (χ3v) is 5.23. The third kappa shape index (κ3) is 4.10. The molecule has 2 aromatic rings. The first-order valence-corrected chi connectivity index (χ1v) is 9.16. The lowest BCUT2D eigenvalue weighted by molar-refractivity contribution is -0.152. The first-order valence-electron chi connectivity index (χ1n) is 9.16. The molecule has 0 aliphatic heterocycles. The Kier molecular flexibility index (Phi) is 5.43. The van der Waals surface area contributed by atoms with E-state index in [1.54, 1.807) is 31.3 Å². The maximum Gasteiger partial charge on any atom is 0.350 e. The number of amides is 1. The molecule has 1 amide bonds. The molecule has 1 saturated carbocycles. The van der Waals surface area contributed by atoms with Crippen molar-refractivity contribution in [2.75, 3.05) is 5.32 Å². The average Bonchev–Trinajstić information content (AvgIpc) is 2.84. The number of carbonyl (C=O) groups is 2. The number of hydrogen-bond acceptors (Lipinski definition) is 4. The van der Waals surface area contributed by atoms with E-state index in [2.05, 4.69) is 10.4 Å². The topological polar surface area (TPSA) is 106 Å². The van der Waals surface area contributed by atoms with E-state index in [0.29, 0.717) is 24.2 Å². The molecule has 1 aliphatic rings. The van der Waals surface area contributed by atoms with E-state index < -0.39 is 11.4 Å². The standard InChI is InChI=1S/C19H24N4O4/c1-22-13-20-23(18(22)27)15-8-6-14(7-9-15)21-16(24)12-19(17(25)26)10-4-2-3-5-11-19/h6-9,13H,2-5,10-12H2,1H3,(H,21,24)(H,25,26). The Balaban J connectivity index is 1.69. The van der Waals surface area contributed by atoms with E-state index in [1.807, 2.05) is 0 Å². The second-order valence-electron chi connectivity index (χ2n) is 7.21. The quantitative estimate of drug-likeness (QED) is 0.784. The average molecular weight is 372 g/mol. The van der Waals surface area contributed by atoms with E-state index in [4.69, 9.17) is 0 Å². The number of carboxylic acid groups (broad SMARTS) is 1. The fourth-order valence-corrected chi connectivity index (χ4v) is 3.62. The van der Waals surface area contributed by atoms with Gasteiger partial charge in [-0.25, -0.2) is 4.79 Å². The molecule has 0 spiro atoms. The van der Waals surface area contributed by atoms with Gasteiger partial charge in [0, 0.05) is 19.2 Å². The van der Waals surface area contributed by atoms with Crippen LogP contribution in [0.5, 0.6) is 0 Å². The van der Waals surface area contributed by atoms with E-state index >= 15 is 0 Å². The van der Waals surface area contributed by atoms with Gasteiger partial charge in [-0.3, -0.25) is 14.2 Å². The fraction of sp³-hybridized carbons (Fsp3) is 0.474. The summed E-state index contributed by atoms with van der Waals surface area (Å²) in [6.07, 6.45) is 6.20. The zero-order valence-electron chi connectivity index (χ0n) is 15.4. The highest BCUT2D eigenvalue weighted by Gasteiger charge is 2.40. The first kappa shape index (κ1) is 18.9. The summed E-state index contributed by atoms with van der Waals surface area (Å²) < 4.78 is 2.63. The molecular formula is C19H24N4O4. The van der Waals surface area contributed by atoms with E-state index in [0.717, 1.165) is 25.7 Å². The van der Waals surface area contributed by atoms with Gasteiger partial charge in [-0.1, -0.05) is 25.7 Å². The summed E-state index contributed by atoms with van der Waals surface area (Å²) in [4.78, 5) is 36.2. The number of carbonyl (C=O) groups excluding carboxylic acids is 1. The lowest BCUT2D eigenvalue weighted by atomic mass is 9.77. The van der Waals surface area contributed by atoms with Crippen LogP contribution in [0.25, 0.3) is 5.69 Å². The number of nitrogens with zero attached hydrogens (tertiary/aromatic N) is 3. The van der Waals surface area contributed by atoms with Gasteiger partial charge in [0.05, 0.1) is 11.1 Å². The molecule has 0 saturated heterocycles. The van der Waals surface area contributed by atoms with E-state index in [9.17, 15) is 19.5 Å². The maximum atomic E-state index is 12.5. The third-order valence-electron chi connectivity index (χ3n) is 5.23. The molecule has 3 rings (SSSR count). The van der Waals surface area contributed by atoms with Crippen LogP contribution < -0.4 is 11.0 Å². The van der Waals surface area contributed by atoms with Gasteiger partial charge in [-0.2, -0.15) is 9.78 Å². The molecule has 1 aliphatic carbocycles. The maximum absolute atomic E-state index is 12.5. The number of benzene rings is 1. The SMILES string of the molecule is Cn1cnn(-c2ccc(NC(=O)CC3(C(=O)O)CCCCCC3)cc2)c1=O. The smallest absolute Gasteiger partial charge is 0.350 e. The molecule has 8 heteroatoms. The Bertz CT molecular complexity index is 874. The van der Waals surface area contributed by atoms with Crippen LogP contribution in [0.1, 0.15) is 44.9 Å². The number of aromatic nitrogens is 3. The highest BCUT2D eigenvalue weighted by molar-refractivity contribution is 5.94. The van der Waals surface area contributed by atoms with Gasteiger partial charge in [0.15, 0.2) is 0 Å². The van der Waals surface area contributed by atoms with Crippen LogP contribution in [0.15, 0.2) is 35.4 Å². The summed E-state index contributed by atoms with van der Waals surface area (Å²) in [6.45, 7) is 0. The Morgan fingerprint density at radius 3 is 2.30 bits per heavy atom. The molecule has 1 aromatic carbocycles. The lowest BCUT2D eigenvalue weighted by Gasteiger charge is -2.27. The summed E-state index contributed by atoms with van der Waals surface area (Å²) in [5, 5.41) is 16.5. The minimum Gasteiger partial charge on any atom is -0.481 e. The van der Waals surface area contributed by atoms with Crippen LogP contribution >= 0.6 is 0 Å². The minimum atomic E-state index is -0.970. The Morgan fingerprint density at radius 1 is 1.15 bits per heavy atom. The number of hydrogen-bond donors (Lipinski definition) is 2. The van der Waals surface area contributed by atoms with Crippen LogP contribution in [0, 0.1) is 5.41 Å². The molecule has 1 fully saturated rings. The van der Waals surface area contributed by atoms with Gasteiger partial charge in [0.1, 0.15) is 6.33 Å². The van der Waals surface area contributed by atoms with E-state index in [-0.39, 0.29) is 18.0 Å². The molecule has 0 unspecified atom stereocenters. The van der Waals surface area contributed by atoms with Crippen molar-refractivity contribution in [2.24, 2.45) is 12.5 Å². The van der Waals surface area contributed by atoms with Crippen LogP contribution in [0.4, 0.5) is 5.69 Å². The van der Waals surface area contributed by atoms with Crippen molar-refractivity contribution in [1.29, 1.82) is 0 Å². The molecule has 8 nitrogen and oxygen atoms in total. The van der Waals surface area contributed by atoms with Crippen LogP contribution in [0.3, 0.4) is 0 Å². The molecule has 1 heterocycles. The minimum absolute atomic E-state index is 0.0240.